The number of rotatable bonds is 4. The van der Waals surface area contributed by atoms with Gasteiger partial charge in [0, 0.05) is 0 Å². The van der Waals surface area contributed by atoms with Crippen molar-refractivity contribution in [2.24, 2.45) is 0 Å². The van der Waals surface area contributed by atoms with Crippen LogP contribution in [0.15, 0.2) is 21.7 Å². The minimum atomic E-state index is -3.01. The molecular formula is C7H10O2S3. The monoisotopic (exact) mass is 222 g/mol. The Hall–Kier alpha value is -0.0000000000000000833. The molecule has 0 spiro atoms. The van der Waals surface area contributed by atoms with Gasteiger partial charge < -0.3 is 0 Å². The zero-order valence-electron chi connectivity index (χ0n) is 6.43. The molecule has 0 fully saturated rings. The number of thiol groups is 1. The average Bonchev–Trinajstić information content (AvgIpc) is 2.53. The SMILES string of the molecule is O=S(=O)(CCCS)c1cccs1. The highest BCUT2D eigenvalue weighted by Gasteiger charge is 2.13. The first-order valence-corrected chi connectivity index (χ1v) is 6.70. The first-order chi connectivity index (χ1) is 5.67. The summed E-state index contributed by atoms with van der Waals surface area (Å²) in [6.07, 6.45) is 0.614. The summed E-state index contributed by atoms with van der Waals surface area (Å²) in [5, 5.41) is 1.77. The van der Waals surface area contributed by atoms with Gasteiger partial charge in [0.05, 0.1) is 5.75 Å². The first-order valence-electron chi connectivity index (χ1n) is 3.54. The van der Waals surface area contributed by atoms with Crippen molar-refractivity contribution in [2.45, 2.75) is 10.6 Å². The number of sulfone groups is 1. The zero-order valence-corrected chi connectivity index (χ0v) is 8.96. The Kier molecular flexibility index (Phi) is 3.61. The highest BCUT2D eigenvalue weighted by Crippen LogP contribution is 2.17. The van der Waals surface area contributed by atoms with Crippen molar-refractivity contribution in [3.63, 3.8) is 0 Å². The highest BCUT2D eigenvalue weighted by molar-refractivity contribution is 7.93. The van der Waals surface area contributed by atoms with Gasteiger partial charge in [0.25, 0.3) is 0 Å². The van der Waals surface area contributed by atoms with Gasteiger partial charge >= 0.3 is 0 Å². The van der Waals surface area contributed by atoms with E-state index in [0.717, 1.165) is 0 Å². The lowest BCUT2D eigenvalue weighted by Gasteiger charge is -1.97. The summed E-state index contributed by atoms with van der Waals surface area (Å²) in [6.45, 7) is 0. The maximum Gasteiger partial charge on any atom is 0.187 e. The average molecular weight is 222 g/mol. The smallest absolute Gasteiger partial charge is 0.187 e. The van der Waals surface area contributed by atoms with Crippen LogP contribution in [0.1, 0.15) is 6.42 Å². The molecule has 0 unspecified atom stereocenters. The van der Waals surface area contributed by atoms with Gasteiger partial charge in [-0.2, -0.15) is 12.6 Å². The van der Waals surface area contributed by atoms with Gasteiger partial charge in [0.15, 0.2) is 9.84 Å². The Morgan fingerprint density at radius 3 is 2.75 bits per heavy atom. The Labute approximate surface area is 81.9 Å². The Morgan fingerprint density at radius 2 is 2.25 bits per heavy atom. The molecule has 68 valence electrons. The van der Waals surface area contributed by atoms with Crippen molar-refractivity contribution < 1.29 is 8.42 Å². The summed E-state index contributed by atoms with van der Waals surface area (Å²) in [6, 6.07) is 3.39. The van der Waals surface area contributed by atoms with E-state index in [1.54, 1.807) is 17.5 Å². The van der Waals surface area contributed by atoms with Crippen molar-refractivity contribution >= 4 is 33.8 Å². The molecule has 0 aliphatic carbocycles. The summed E-state index contributed by atoms with van der Waals surface area (Å²) < 4.78 is 23.3. The van der Waals surface area contributed by atoms with Gasteiger partial charge in [-0.15, -0.1) is 11.3 Å². The molecule has 0 bridgehead atoms. The first kappa shape index (κ1) is 10.1. The van der Waals surface area contributed by atoms with Crippen LogP contribution in [-0.2, 0) is 9.84 Å². The third-order valence-electron chi connectivity index (χ3n) is 1.37. The molecule has 0 saturated heterocycles. The van der Waals surface area contributed by atoms with Crippen LogP contribution in [0.4, 0.5) is 0 Å². The molecule has 0 radical (unpaired) electrons. The fourth-order valence-electron chi connectivity index (χ4n) is 0.796. The predicted molar refractivity (Wildman–Crippen MR) is 54.8 cm³/mol. The maximum atomic E-state index is 11.4. The molecule has 5 heteroatoms. The second-order valence-electron chi connectivity index (χ2n) is 2.33. The highest BCUT2D eigenvalue weighted by atomic mass is 32.2. The van der Waals surface area contributed by atoms with Crippen LogP contribution in [0, 0.1) is 0 Å². The van der Waals surface area contributed by atoms with E-state index in [4.69, 9.17) is 0 Å². The molecule has 0 amide bonds. The van der Waals surface area contributed by atoms with E-state index >= 15 is 0 Å². The zero-order chi connectivity index (χ0) is 9.03. The Balaban J connectivity index is 2.74. The summed E-state index contributed by atoms with van der Waals surface area (Å²) in [7, 11) is -3.01. The van der Waals surface area contributed by atoms with Gasteiger partial charge in [0.1, 0.15) is 4.21 Å². The lowest BCUT2D eigenvalue weighted by Crippen LogP contribution is -2.05. The number of hydrogen-bond acceptors (Lipinski definition) is 4. The topological polar surface area (TPSA) is 34.1 Å². The predicted octanol–water partition coefficient (Wildman–Crippen LogP) is 1.84. The van der Waals surface area contributed by atoms with Gasteiger partial charge in [-0.3, -0.25) is 0 Å². The fraction of sp³-hybridized carbons (Fsp3) is 0.429. The molecule has 0 saturated carbocycles. The summed E-state index contributed by atoms with van der Waals surface area (Å²) in [4.78, 5) is 0. The number of hydrogen-bond donors (Lipinski definition) is 1. The van der Waals surface area contributed by atoms with E-state index in [2.05, 4.69) is 12.6 Å². The van der Waals surface area contributed by atoms with Crippen molar-refractivity contribution in [3.05, 3.63) is 17.5 Å². The van der Waals surface area contributed by atoms with Crippen LogP contribution in [-0.4, -0.2) is 19.9 Å². The van der Waals surface area contributed by atoms with Gasteiger partial charge in [-0.05, 0) is 23.6 Å². The molecular weight excluding hydrogens is 212 g/mol. The van der Waals surface area contributed by atoms with Crippen LogP contribution in [0.3, 0.4) is 0 Å². The molecule has 1 rings (SSSR count). The van der Waals surface area contributed by atoms with E-state index in [9.17, 15) is 8.42 Å². The third kappa shape index (κ3) is 2.50. The van der Waals surface area contributed by atoms with E-state index in [1.807, 2.05) is 0 Å². The fourth-order valence-corrected chi connectivity index (χ4v) is 3.63. The molecule has 0 atom stereocenters. The molecule has 12 heavy (non-hydrogen) atoms. The van der Waals surface area contributed by atoms with Crippen molar-refractivity contribution in [1.82, 2.24) is 0 Å². The molecule has 1 aromatic heterocycles. The minimum Gasteiger partial charge on any atom is -0.223 e. The molecule has 1 aromatic rings. The lowest BCUT2D eigenvalue weighted by molar-refractivity contribution is 0.597. The second kappa shape index (κ2) is 4.30. The van der Waals surface area contributed by atoms with Crippen LogP contribution in [0.2, 0.25) is 0 Å². The largest absolute Gasteiger partial charge is 0.223 e. The quantitative estimate of drug-likeness (QED) is 0.789. The van der Waals surface area contributed by atoms with Gasteiger partial charge in [-0.25, -0.2) is 8.42 Å². The maximum absolute atomic E-state index is 11.4. The molecule has 1 heterocycles. The van der Waals surface area contributed by atoms with Crippen LogP contribution in [0.25, 0.3) is 0 Å². The van der Waals surface area contributed by atoms with E-state index < -0.39 is 9.84 Å². The summed E-state index contributed by atoms with van der Waals surface area (Å²) in [5.41, 5.74) is 0. The molecule has 2 nitrogen and oxygen atoms in total. The third-order valence-corrected chi connectivity index (χ3v) is 4.98. The van der Waals surface area contributed by atoms with E-state index in [0.29, 0.717) is 16.4 Å². The van der Waals surface area contributed by atoms with Crippen LogP contribution < -0.4 is 0 Å². The van der Waals surface area contributed by atoms with E-state index in [1.165, 1.54) is 11.3 Å². The van der Waals surface area contributed by atoms with Crippen molar-refractivity contribution in [1.29, 1.82) is 0 Å². The van der Waals surface area contributed by atoms with Crippen molar-refractivity contribution in [2.75, 3.05) is 11.5 Å². The molecule has 0 aliphatic rings. The molecule has 0 aliphatic heterocycles. The van der Waals surface area contributed by atoms with Crippen LogP contribution in [0.5, 0.6) is 0 Å². The van der Waals surface area contributed by atoms with E-state index in [-0.39, 0.29) is 5.75 Å². The van der Waals surface area contributed by atoms with Gasteiger partial charge in [0.2, 0.25) is 0 Å². The second-order valence-corrected chi connectivity index (χ2v) is 6.06. The van der Waals surface area contributed by atoms with Gasteiger partial charge in [-0.1, -0.05) is 6.07 Å². The minimum absolute atomic E-state index is 0.205. The summed E-state index contributed by atoms with van der Waals surface area (Å²) >= 11 is 5.24. The number of thiophene rings is 1. The normalized spacial score (nSPS) is 11.8. The Bertz CT molecular complexity index is 312. The molecule has 0 N–H and O–H groups in total. The standard InChI is InChI=1S/C7H10O2S3/c8-12(9,6-2-4-10)7-3-1-5-11-7/h1,3,5,10H,2,4,6H2. The molecule has 0 aromatic carbocycles. The Morgan fingerprint density at radius 1 is 1.50 bits per heavy atom. The van der Waals surface area contributed by atoms with Crippen LogP contribution >= 0.6 is 24.0 Å². The van der Waals surface area contributed by atoms with Crippen molar-refractivity contribution in [3.8, 4) is 0 Å². The summed E-state index contributed by atoms with van der Waals surface area (Å²) in [5.74, 6) is 0.821. The lowest BCUT2D eigenvalue weighted by atomic mass is 10.6.